The fourth-order valence-corrected chi connectivity index (χ4v) is 4.79. The smallest absolute Gasteiger partial charge is 0.338 e. The Morgan fingerprint density at radius 3 is 2.39 bits per heavy atom. The number of benzene rings is 2. The number of halogens is 1. The van der Waals surface area contributed by atoms with Gasteiger partial charge in [0.15, 0.2) is 5.78 Å². The molecule has 0 bridgehead atoms. The summed E-state index contributed by atoms with van der Waals surface area (Å²) < 4.78 is 5.59. The molecule has 1 heterocycles. The third kappa shape index (κ3) is 7.55. The molecule has 1 aliphatic heterocycles. The number of allylic oxidation sites excluding steroid dienone is 1. The molecule has 7 heteroatoms. The minimum Gasteiger partial charge on any atom is -0.459 e. The predicted octanol–water partition coefficient (Wildman–Crippen LogP) is 6.50. The van der Waals surface area contributed by atoms with Gasteiger partial charge in [0.2, 0.25) is 0 Å². The van der Waals surface area contributed by atoms with Crippen molar-refractivity contribution in [3.05, 3.63) is 81.5 Å². The maximum Gasteiger partial charge on any atom is 0.338 e. The highest BCUT2D eigenvalue weighted by atomic mass is 35.5. The molecule has 2 aromatic carbocycles. The zero-order valence-electron chi connectivity index (χ0n) is 23.6. The van der Waals surface area contributed by atoms with Crippen LogP contribution in [0.15, 0.2) is 64.8 Å². The maximum absolute atomic E-state index is 13.1. The van der Waals surface area contributed by atoms with E-state index in [1.165, 1.54) is 5.56 Å². The molecular weight excluding hydrogens is 498 g/mol. The standard InChI is InChI=1S/C31H40ClN3O3/c1-20(2)38-30(37)28-21(3)34-22(4)35(29(28)24-10-8-11-26(32)18-24)17-9-16-33-19-27(36)23-12-14-25(15-13-23)31(5,6)7/h8,10-15,18,20,29,33H,9,16-17,19H2,1-7H3. The zero-order valence-corrected chi connectivity index (χ0v) is 24.4. The quantitative estimate of drug-likeness (QED) is 0.213. The predicted molar refractivity (Wildman–Crippen MR) is 155 cm³/mol. The summed E-state index contributed by atoms with van der Waals surface area (Å²) in [5.74, 6) is 0.517. The first kappa shape index (κ1) is 29.6. The van der Waals surface area contributed by atoms with E-state index in [1.54, 1.807) is 0 Å². The van der Waals surface area contributed by atoms with Crippen LogP contribution < -0.4 is 5.32 Å². The topological polar surface area (TPSA) is 71.0 Å². The number of aliphatic imine (C=N–C) groups is 1. The van der Waals surface area contributed by atoms with E-state index in [0.29, 0.717) is 34.9 Å². The number of nitrogens with zero attached hydrogens (tertiary/aromatic N) is 2. The highest BCUT2D eigenvalue weighted by Gasteiger charge is 2.35. The van der Waals surface area contributed by atoms with Crippen LogP contribution in [0.5, 0.6) is 0 Å². The normalized spacial score (nSPS) is 16.1. The zero-order chi connectivity index (χ0) is 28.0. The molecule has 0 aliphatic carbocycles. The summed E-state index contributed by atoms with van der Waals surface area (Å²) >= 11 is 6.33. The molecule has 0 amide bonds. The van der Waals surface area contributed by atoms with Gasteiger partial charge in [-0.2, -0.15) is 0 Å². The fourth-order valence-electron chi connectivity index (χ4n) is 4.59. The third-order valence-electron chi connectivity index (χ3n) is 6.56. The second-order valence-electron chi connectivity index (χ2n) is 11.0. The number of carbonyl (C=O) groups excluding carboxylic acids is 2. The average Bonchev–Trinajstić information content (AvgIpc) is 2.83. The van der Waals surface area contributed by atoms with E-state index in [-0.39, 0.29) is 35.9 Å². The van der Waals surface area contributed by atoms with Gasteiger partial charge in [0.05, 0.1) is 30.0 Å². The van der Waals surface area contributed by atoms with Crippen LogP contribution in [0.25, 0.3) is 0 Å². The molecule has 0 radical (unpaired) electrons. The maximum atomic E-state index is 13.1. The van der Waals surface area contributed by atoms with Crippen LogP contribution in [0, 0.1) is 0 Å². The van der Waals surface area contributed by atoms with Gasteiger partial charge in [-0.3, -0.25) is 4.79 Å². The number of ketones is 1. The van der Waals surface area contributed by atoms with E-state index >= 15 is 0 Å². The van der Waals surface area contributed by atoms with Crippen LogP contribution in [-0.4, -0.2) is 48.2 Å². The SMILES string of the molecule is CC1=NC(C)=C(C(=O)OC(C)C)C(c2cccc(Cl)c2)N1CCCNCC(=O)c1ccc(C(C)(C)C)cc1. The van der Waals surface area contributed by atoms with Crippen LogP contribution >= 0.6 is 11.6 Å². The van der Waals surface area contributed by atoms with Crippen molar-refractivity contribution in [3.63, 3.8) is 0 Å². The third-order valence-corrected chi connectivity index (χ3v) is 6.79. The minimum absolute atomic E-state index is 0.0533. The van der Waals surface area contributed by atoms with Crippen molar-refractivity contribution in [1.29, 1.82) is 0 Å². The number of carbonyl (C=O) groups is 2. The number of esters is 1. The van der Waals surface area contributed by atoms with E-state index < -0.39 is 0 Å². The van der Waals surface area contributed by atoms with Gasteiger partial charge in [-0.05, 0) is 69.3 Å². The molecule has 1 aliphatic rings. The van der Waals surface area contributed by atoms with Crippen molar-refractivity contribution in [1.82, 2.24) is 10.2 Å². The average molecular weight is 538 g/mol. The van der Waals surface area contributed by atoms with Gasteiger partial charge in [-0.25, -0.2) is 9.79 Å². The van der Waals surface area contributed by atoms with E-state index in [0.717, 1.165) is 17.8 Å². The molecule has 6 nitrogen and oxygen atoms in total. The lowest BCUT2D eigenvalue weighted by Gasteiger charge is -2.38. The molecule has 0 fully saturated rings. The first-order chi connectivity index (χ1) is 17.9. The number of nitrogens with one attached hydrogen (secondary N) is 1. The van der Waals surface area contributed by atoms with Gasteiger partial charge in [0, 0.05) is 17.1 Å². The lowest BCUT2D eigenvalue weighted by atomic mass is 9.86. The molecule has 0 saturated heterocycles. The van der Waals surface area contributed by atoms with E-state index in [9.17, 15) is 9.59 Å². The number of rotatable bonds is 10. The van der Waals surface area contributed by atoms with Gasteiger partial charge in [0.1, 0.15) is 5.84 Å². The summed E-state index contributed by atoms with van der Waals surface area (Å²) in [5.41, 5.74) is 4.04. The van der Waals surface area contributed by atoms with Gasteiger partial charge < -0.3 is 15.0 Å². The summed E-state index contributed by atoms with van der Waals surface area (Å²) in [6, 6.07) is 15.1. The molecule has 0 aromatic heterocycles. The van der Waals surface area contributed by atoms with Gasteiger partial charge in [0.25, 0.3) is 0 Å². The number of ether oxygens (including phenoxy) is 1. The first-order valence-electron chi connectivity index (χ1n) is 13.2. The first-order valence-corrected chi connectivity index (χ1v) is 13.6. The Bertz CT molecular complexity index is 1210. The Balaban J connectivity index is 1.67. The monoisotopic (exact) mass is 537 g/mol. The van der Waals surface area contributed by atoms with E-state index in [1.807, 2.05) is 76.2 Å². The molecule has 204 valence electrons. The van der Waals surface area contributed by atoms with Crippen molar-refractivity contribution in [2.24, 2.45) is 4.99 Å². The van der Waals surface area contributed by atoms with E-state index in [4.69, 9.17) is 16.3 Å². The largest absolute Gasteiger partial charge is 0.459 e. The highest BCUT2D eigenvalue weighted by Crippen LogP contribution is 2.37. The van der Waals surface area contributed by atoms with Gasteiger partial charge >= 0.3 is 5.97 Å². The summed E-state index contributed by atoms with van der Waals surface area (Å²) in [6.07, 6.45) is 0.515. The molecule has 1 N–H and O–H groups in total. The summed E-state index contributed by atoms with van der Waals surface area (Å²) in [5, 5.41) is 3.88. The van der Waals surface area contributed by atoms with Crippen LogP contribution in [0.1, 0.15) is 82.4 Å². The number of hydrogen-bond donors (Lipinski definition) is 1. The second kappa shape index (κ2) is 12.7. The van der Waals surface area contributed by atoms with Crippen LogP contribution in [0.4, 0.5) is 0 Å². The van der Waals surface area contributed by atoms with Gasteiger partial charge in [-0.1, -0.05) is 68.8 Å². The molecular formula is C31H40ClN3O3. The highest BCUT2D eigenvalue weighted by molar-refractivity contribution is 6.30. The van der Waals surface area contributed by atoms with Crippen molar-refractivity contribution in [2.45, 2.75) is 72.4 Å². The van der Waals surface area contributed by atoms with E-state index in [2.05, 4.69) is 36.0 Å². The Labute approximate surface area is 232 Å². The van der Waals surface area contributed by atoms with Crippen molar-refractivity contribution >= 4 is 29.2 Å². The number of hydrogen-bond acceptors (Lipinski definition) is 6. The Kier molecular flexibility index (Phi) is 9.91. The Hall–Kier alpha value is -2.96. The summed E-state index contributed by atoms with van der Waals surface area (Å²) in [7, 11) is 0. The molecule has 1 unspecified atom stereocenters. The minimum atomic E-state index is -0.370. The molecule has 3 rings (SSSR count). The van der Waals surface area contributed by atoms with Crippen LogP contribution in [-0.2, 0) is 14.9 Å². The lowest BCUT2D eigenvalue weighted by molar-refractivity contribution is -0.143. The Morgan fingerprint density at radius 1 is 1.11 bits per heavy atom. The molecule has 0 saturated carbocycles. The fraction of sp³-hybridized carbons (Fsp3) is 0.452. The summed E-state index contributed by atoms with van der Waals surface area (Å²) in [6.45, 7) is 15.5. The van der Waals surface area contributed by atoms with Crippen molar-refractivity contribution in [2.75, 3.05) is 19.6 Å². The molecule has 0 spiro atoms. The van der Waals surface area contributed by atoms with Crippen LogP contribution in [0.2, 0.25) is 5.02 Å². The van der Waals surface area contributed by atoms with Crippen molar-refractivity contribution < 1.29 is 14.3 Å². The molecule has 1 atom stereocenters. The number of Topliss-reactive ketones (excluding diaryl/α,β-unsaturated/α-hetero) is 1. The Morgan fingerprint density at radius 2 is 1.79 bits per heavy atom. The van der Waals surface area contributed by atoms with Crippen LogP contribution in [0.3, 0.4) is 0 Å². The molecule has 38 heavy (non-hydrogen) atoms. The second-order valence-corrected chi connectivity index (χ2v) is 11.5. The van der Waals surface area contributed by atoms with Gasteiger partial charge in [-0.15, -0.1) is 0 Å². The van der Waals surface area contributed by atoms with Crippen molar-refractivity contribution in [3.8, 4) is 0 Å². The summed E-state index contributed by atoms with van der Waals surface area (Å²) in [4.78, 5) is 32.6. The number of amidine groups is 1. The molecule has 2 aromatic rings. The lowest BCUT2D eigenvalue weighted by Crippen LogP contribution is -2.41.